The summed E-state index contributed by atoms with van der Waals surface area (Å²) in [6.45, 7) is 1.09. The molecule has 0 aromatic heterocycles. The van der Waals surface area contributed by atoms with Crippen LogP contribution < -0.4 is 11.1 Å². The topological polar surface area (TPSA) is 38.0 Å². The molecule has 0 unspecified atom stereocenters. The van der Waals surface area contributed by atoms with Crippen LogP contribution in [0.15, 0.2) is 23.1 Å². The fourth-order valence-electron chi connectivity index (χ4n) is 2.59. The lowest BCUT2D eigenvalue weighted by molar-refractivity contribution is 0.264. The number of hydrogen-bond acceptors (Lipinski definition) is 3. The molecule has 0 atom stereocenters. The summed E-state index contributed by atoms with van der Waals surface area (Å²) >= 11 is 1.97. The van der Waals surface area contributed by atoms with Crippen molar-refractivity contribution < 1.29 is 0 Å². The maximum absolute atomic E-state index is 5.82. The molecule has 1 aromatic rings. The van der Waals surface area contributed by atoms with Gasteiger partial charge in [-0.3, -0.25) is 0 Å². The highest BCUT2D eigenvalue weighted by atomic mass is 32.2. The van der Waals surface area contributed by atoms with E-state index in [1.54, 1.807) is 0 Å². The quantitative estimate of drug-likeness (QED) is 0.825. The molecule has 1 saturated carbocycles. The van der Waals surface area contributed by atoms with Gasteiger partial charge in [0.25, 0.3) is 0 Å². The number of nitrogens with one attached hydrogen (secondary N) is 1. The van der Waals surface area contributed by atoms with Crippen molar-refractivity contribution in [2.24, 2.45) is 11.7 Å². The van der Waals surface area contributed by atoms with E-state index in [-0.39, 0.29) is 0 Å². The van der Waals surface area contributed by atoms with E-state index in [1.807, 2.05) is 11.8 Å². The van der Waals surface area contributed by atoms with Crippen molar-refractivity contribution in [3.05, 3.63) is 23.8 Å². The Hall–Kier alpha value is -0.670. The number of rotatable bonds is 2. The zero-order valence-corrected chi connectivity index (χ0v) is 10.2. The Morgan fingerprint density at radius 1 is 1.38 bits per heavy atom. The van der Waals surface area contributed by atoms with E-state index in [9.17, 15) is 0 Å². The number of anilines is 1. The van der Waals surface area contributed by atoms with Gasteiger partial charge in [0.1, 0.15) is 0 Å². The Morgan fingerprint density at radius 2 is 2.25 bits per heavy atom. The molecule has 0 saturated heterocycles. The molecular formula is C13H18N2S. The Morgan fingerprint density at radius 3 is 3.06 bits per heavy atom. The Labute approximate surface area is 101 Å². The first-order chi connectivity index (χ1) is 7.81. The number of nitrogens with two attached hydrogens (primary N) is 1. The van der Waals surface area contributed by atoms with Crippen molar-refractivity contribution in [2.75, 3.05) is 17.6 Å². The zero-order chi connectivity index (χ0) is 11.0. The summed E-state index contributed by atoms with van der Waals surface area (Å²) in [5.41, 5.74) is 8.61. The third-order valence-electron chi connectivity index (χ3n) is 3.52. The minimum Gasteiger partial charge on any atom is -0.383 e. The SMILES string of the molecule is NC1CC(Cc2ccc3c(c2)SCCN3)C1. The number of hydrogen-bond donors (Lipinski definition) is 2. The van der Waals surface area contributed by atoms with Crippen LogP contribution in [0.5, 0.6) is 0 Å². The average molecular weight is 234 g/mol. The van der Waals surface area contributed by atoms with Crippen LogP contribution in [-0.2, 0) is 6.42 Å². The molecule has 2 aliphatic rings. The van der Waals surface area contributed by atoms with Crippen LogP contribution in [0.3, 0.4) is 0 Å². The van der Waals surface area contributed by atoms with Gasteiger partial charge in [-0.15, -0.1) is 11.8 Å². The fraction of sp³-hybridized carbons (Fsp3) is 0.538. The van der Waals surface area contributed by atoms with Gasteiger partial charge in [0, 0.05) is 28.9 Å². The first-order valence-corrected chi connectivity index (χ1v) is 7.05. The summed E-state index contributed by atoms with van der Waals surface area (Å²) in [5, 5.41) is 3.44. The smallest absolute Gasteiger partial charge is 0.0478 e. The van der Waals surface area contributed by atoms with Crippen LogP contribution >= 0.6 is 11.8 Å². The molecular weight excluding hydrogens is 216 g/mol. The third-order valence-corrected chi connectivity index (χ3v) is 4.57. The van der Waals surface area contributed by atoms with Crippen LogP contribution in [0.25, 0.3) is 0 Å². The number of thioether (sulfide) groups is 1. The minimum absolute atomic E-state index is 0.471. The number of benzene rings is 1. The monoisotopic (exact) mass is 234 g/mol. The van der Waals surface area contributed by atoms with Gasteiger partial charge in [0.2, 0.25) is 0 Å². The number of fused-ring (bicyclic) bond motifs is 1. The normalized spacial score (nSPS) is 27.8. The predicted molar refractivity (Wildman–Crippen MR) is 70.1 cm³/mol. The molecule has 2 nitrogen and oxygen atoms in total. The van der Waals surface area contributed by atoms with E-state index in [0.717, 1.165) is 12.5 Å². The molecule has 0 spiro atoms. The van der Waals surface area contributed by atoms with Gasteiger partial charge in [0.15, 0.2) is 0 Å². The highest BCUT2D eigenvalue weighted by Gasteiger charge is 2.25. The first-order valence-electron chi connectivity index (χ1n) is 6.06. The fourth-order valence-corrected chi connectivity index (χ4v) is 3.55. The van der Waals surface area contributed by atoms with E-state index in [4.69, 9.17) is 5.73 Å². The first kappa shape index (κ1) is 10.5. The third kappa shape index (κ3) is 2.06. The van der Waals surface area contributed by atoms with E-state index < -0.39 is 0 Å². The molecule has 3 heteroatoms. The second-order valence-corrected chi connectivity index (χ2v) is 6.04. The minimum atomic E-state index is 0.471. The maximum atomic E-state index is 5.82. The van der Waals surface area contributed by atoms with Gasteiger partial charge in [-0.2, -0.15) is 0 Å². The molecule has 3 N–H and O–H groups in total. The summed E-state index contributed by atoms with van der Waals surface area (Å²) in [7, 11) is 0. The summed E-state index contributed by atoms with van der Waals surface area (Å²) in [6.07, 6.45) is 3.63. The Bertz CT molecular complexity index is 386. The molecule has 86 valence electrons. The maximum Gasteiger partial charge on any atom is 0.0478 e. The van der Waals surface area contributed by atoms with Gasteiger partial charge < -0.3 is 11.1 Å². The molecule has 1 aliphatic carbocycles. The van der Waals surface area contributed by atoms with Crippen molar-refractivity contribution in [1.82, 2.24) is 0 Å². The van der Waals surface area contributed by atoms with Crippen molar-refractivity contribution in [1.29, 1.82) is 0 Å². The molecule has 1 aromatic carbocycles. The lowest BCUT2D eigenvalue weighted by Gasteiger charge is -2.32. The molecule has 0 bridgehead atoms. The van der Waals surface area contributed by atoms with Crippen LogP contribution in [-0.4, -0.2) is 18.3 Å². The molecule has 0 amide bonds. The Balaban J connectivity index is 1.71. The second kappa shape index (κ2) is 4.30. The van der Waals surface area contributed by atoms with Crippen molar-refractivity contribution >= 4 is 17.4 Å². The van der Waals surface area contributed by atoms with Gasteiger partial charge in [-0.25, -0.2) is 0 Å². The standard InChI is InChI=1S/C13H18N2S/c14-11-6-10(7-11)5-9-1-2-12-13(8-9)16-4-3-15-12/h1-2,8,10-11,15H,3-7,14H2. The molecule has 0 radical (unpaired) electrons. The highest BCUT2D eigenvalue weighted by molar-refractivity contribution is 7.99. The van der Waals surface area contributed by atoms with E-state index in [0.29, 0.717) is 6.04 Å². The van der Waals surface area contributed by atoms with Crippen molar-refractivity contribution in [3.63, 3.8) is 0 Å². The van der Waals surface area contributed by atoms with Gasteiger partial charge in [-0.1, -0.05) is 6.07 Å². The lowest BCUT2D eigenvalue weighted by atomic mass is 9.77. The van der Waals surface area contributed by atoms with Gasteiger partial charge in [0.05, 0.1) is 0 Å². The molecule has 1 heterocycles. The lowest BCUT2D eigenvalue weighted by Crippen LogP contribution is -2.37. The van der Waals surface area contributed by atoms with Crippen LogP contribution in [0, 0.1) is 5.92 Å². The van der Waals surface area contributed by atoms with E-state index in [2.05, 4.69) is 23.5 Å². The van der Waals surface area contributed by atoms with Gasteiger partial charge >= 0.3 is 0 Å². The zero-order valence-electron chi connectivity index (χ0n) is 9.41. The summed E-state index contributed by atoms with van der Waals surface area (Å²) < 4.78 is 0. The summed E-state index contributed by atoms with van der Waals surface area (Å²) in [5.74, 6) is 2.01. The van der Waals surface area contributed by atoms with E-state index >= 15 is 0 Å². The van der Waals surface area contributed by atoms with Crippen molar-refractivity contribution in [3.8, 4) is 0 Å². The van der Waals surface area contributed by atoms with Crippen LogP contribution in [0.2, 0.25) is 0 Å². The molecule has 1 aliphatic heterocycles. The highest BCUT2D eigenvalue weighted by Crippen LogP contribution is 2.34. The summed E-state index contributed by atoms with van der Waals surface area (Å²) in [4.78, 5) is 1.42. The molecule has 1 fully saturated rings. The second-order valence-electron chi connectivity index (χ2n) is 4.91. The van der Waals surface area contributed by atoms with E-state index in [1.165, 1.54) is 41.2 Å². The largest absolute Gasteiger partial charge is 0.383 e. The average Bonchev–Trinajstić information content (AvgIpc) is 2.27. The molecule has 16 heavy (non-hydrogen) atoms. The van der Waals surface area contributed by atoms with Crippen LogP contribution in [0.4, 0.5) is 5.69 Å². The van der Waals surface area contributed by atoms with Crippen LogP contribution in [0.1, 0.15) is 18.4 Å². The van der Waals surface area contributed by atoms with Gasteiger partial charge in [-0.05, 0) is 42.9 Å². The summed E-state index contributed by atoms with van der Waals surface area (Å²) in [6, 6.07) is 7.33. The molecule has 3 rings (SSSR count). The van der Waals surface area contributed by atoms with Crippen molar-refractivity contribution in [2.45, 2.75) is 30.2 Å². The predicted octanol–water partition coefficient (Wildman–Crippen LogP) is 2.48. The Kier molecular flexibility index (Phi) is 2.82.